The molecule has 98 valence electrons. The fourth-order valence-electron chi connectivity index (χ4n) is 3.53. The van der Waals surface area contributed by atoms with Crippen molar-refractivity contribution < 1.29 is 4.79 Å². The highest BCUT2D eigenvalue weighted by Crippen LogP contribution is 2.27. The summed E-state index contributed by atoms with van der Waals surface area (Å²) in [4.78, 5) is 14.3. The van der Waals surface area contributed by atoms with Crippen LogP contribution in [0.25, 0.3) is 0 Å². The second kappa shape index (κ2) is 6.53. The molecule has 0 aromatic heterocycles. The van der Waals surface area contributed by atoms with Gasteiger partial charge in [-0.2, -0.15) is 0 Å². The predicted molar refractivity (Wildman–Crippen MR) is 71.1 cm³/mol. The van der Waals surface area contributed by atoms with Crippen molar-refractivity contribution in [2.45, 2.75) is 70.8 Å². The summed E-state index contributed by atoms with van der Waals surface area (Å²) in [5, 5.41) is 0. The van der Waals surface area contributed by atoms with E-state index in [1.54, 1.807) is 0 Å². The van der Waals surface area contributed by atoms with E-state index < -0.39 is 0 Å². The highest BCUT2D eigenvalue weighted by molar-refractivity contribution is 5.82. The molecule has 0 amide bonds. The molecule has 1 saturated carbocycles. The number of rotatable bonds is 5. The monoisotopic (exact) mass is 237 g/mol. The van der Waals surface area contributed by atoms with Crippen LogP contribution >= 0.6 is 0 Å². The quantitative estimate of drug-likeness (QED) is 0.730. The summed E-state index contributed by atoms with van der Waals surface area (Å²) in [6.07, 6.45) is 11.1. The van der Waals surface area contributed by atoms with E-state index in [1.165, 1.54) is 45.2 Å². The van der Waals surface area contributed by atoms with Crippen LogP contribution in [0.1, 0.15) is 64.7 Å². The van der Waals surface area contributed by atoms with E-state index in [0.29, 0.717) is 11.7 Å². The van der Waals surface area contributed by atoms with Crippen molar-refractivity contribution in [1.29, 1.82) is 0 Å². The number of carbonyl (C=O) groups excluding carboxylic acids is 1. The number of piperidine rings is 1. The van der Waals surface area contributed by atoms with E-state index >= 15 is 0 Å². The van der Waals surface area contributed by atoms with E-state index in [2.05, 4.69) is 11.8 Å². The normalized spacial score (nSPS) is 31.0. The molecule has 1 aliphatic carbocycles. The fraction of sp³-hybridized carbons (Fsp3) is 0.933. The Morgan fingerprint density at radius 2 is 2.06 bits per heavy atom. The lowest BCUT2D eigenvalue weighted by Gasteiger charge is -2.36. The average molecular weight is 237 g/mol. The van der Waals surface area contributed by atoms with Gasteiger partial charge in [-0.3, -0.25) is 4.79 Å². The van der Waals surface area contributed by atoms with Gasteiger partial charge in [-0.15, -0.1) is 0 Å². The number of Topliss-reactive ketones (excluding diaryl/α,β-unsaturated/α-hetero) is 1. The van der Waals surface area contributed by atoms with Crippen molar-refractivity contribution >= 4 is 5.78 Å². The lowest BCUT2D eigenvalue weighted by atomic mass is 9.96. The molecule has 2 heteroatoms. The molecule has 0 bridgehead atoms. The maximum atomic E-state index is 11.6. The number of nitrogens with zero attached hydrogens (tertiary/aromatic N) is 1. The van der Waals surface area contributed by atoms with Gasteiger partial charge in [0.15, 0.2) is 0 Å². The number of likely N-dealkylation sites (tertiary alicyclic amines) is 1. The molecule has 0 radical (unpaired) electrons. The molecule has 1 saturated heterocycles. The predicted octanol–water partition coefficient (Wildman–Crippen LogP) is 3.40. The Balaban J connectivity index is 1.77. The van der Waals surface area contributed by atoms with Crippen LogP contribution in [0.15, 0.2) is 0 Å². The molecular formula is C15H27NO. The zero-order valence-corrected chi connectivity index (χ0v) is 11.3. The second-order valence-corrected chi connectivity index (χ2v) is 5.82. The molecule has 0 aromatic carbocycles. The Morgan fingerprint density at radius 3 is 2.76 bits per heavy atom. The van der Waals surface area contributed by atoms with Gasteiger partial charge in [0.1, 0.15) is 5.78 Å². The Hall–Kier alpha value is -0.370. The summed E-state index contributed by atoms with van der Waals surface area (Å²) in [6, 6.07) is 0.810. The number of hydrogen-bond acceptors (Lipinski definition) is 2. The highest BCUT2D eigenvalue weighted by Gasteiger charge is 2.27. The minimum atomic E-state index is 0.402. The summed E-state index contributed by atoms with van der Waals surface area (Å²) < 4.78 is 0. The lowest BCUT2D eigenvalue weighted by molar-refractivity contribution is -0.121. The standard InChI is InChI=1S/C15H27NO/c1-2-6-14-8-3-4-11-16(14)12-10-13-7-5-9-15(13)17/h13-14H,2-12H2,1H3. The van der Waals surface area contributed by atoms with Crippen LogP contribution in [0.2, 0.25) is 0 Å². The fourth-order valence-corrected chi connectivity index (χ4v) is 3.53. The van der Waals surface area contributed by atoms with E-state index in [4.69, 9.17) is 0 Å². The molecule has 0 aromatic rings. The molecule has 2 aliphatic rings. The number of carbonyl (C=O) groups is 1. The molecular weight excluding hydrogens is 210 g/mol. The first-order valence-corrected chi connectivity index (χ1v) is 7.58. The third-order valence-corrected chi connectivity index (χ3v) is 4.57. The largest absolute Gasteiger partial charge is 0.300 e. The van der Waals surface area contributed by atoms with Gasteiger partial charge in [-0.25, -0.2) is 0 Å². The number of ketones is 1. The third-order valence-electron chi connectivity index (χ3n) is 4.57. The molecule has 2 fully saturated rings. The summed E-state index contributed by atoms with van der Waals surface area (Å²) >= 11 is 0. The first-order valence-electron chi connectivity index (χ1n) is 7.58. The van der Waals surface area contributed by atoms with E-state index in [0.717, 1.165) is 31.7 Å². The van der Waals surface area contributed by atoms with Gasteiger partial charge >= 0.3 is 0 Å². The Kier molecular flexibility index (Phi) is 5.02. The van der Waals surface area contributed by atoms with Crippen LogP contribution in [0, 0.1) is 5.92 Å². The van der Waals surface area contributed by atoms with Gasteiger partial charge < -0.3 is 4.90 Å². The van der Waals surface area contributed by atoms with Crippen molar-refractivity contribution in [3.8, 4) is 0 Å². The van der Waals surface area contributed by atoms with Crippen molar-refractivity contribution in [3.63, 3.8) is 0 Å². The summed E-state index contributed by atoms with van der Waals surface area (Å²) in [7, 11) is 0. The lowest BCUT2D eigenvalue weighted by Crippen LogP contribution is -2.40. The maximum absolute atomic E-state index is 11.6. The molecule has 2 rings (SSSR count). The van der Waals surface area contributed by atoms with Gasteiger partial charge in [0.05, 0.1) is 0 Å². The maximum Gasteiger partial charge on any atom is 0.136 e. The van der Waals surface area contributed by atoms with Crippen LogP contribution in [0.5, 0.6) is 0 Å². The Morgan fingerprint density at radius 1 is 1.18 bits per heavy atom. The van der Waals surface area contributed by atoms with Crippen molar-refractivity contribution in [1.82, 2.24) is 4.90 Å². The summed E-state index contributed by atoms with van der Waals surface area (Å²) in [5.74, 6) is 0.938. The highest BCUT2D eigenvalue weighted by atomic mass is 16.1. The third kappa shape index (κ3) is 3.54. The smallest absolute Gasteiger partial charge is 0.136 e. The zero-order valence-electron chi connectivity index (χ0n) is 11.3. The van der Waals surface area contributed by atoms with Crippen LogP contribution in [0.4, 0.5) is 0 Å². The molecule has 0 spiro atoms. The Labute approximate surface area is 106 Å². The topological polar surface area (TPSA) is 20.3 Å². The van der Waals surface area contributed by atoms with Gasteiger partial charge in [0.25, 0.3) is 0 Å². The van der Waals surface area contributed by atoms with Gasteiger partial charge in [-0.05, 0) is 51.6 Å². The van der Waals surface area contributed by atoms with Gasteiger partial charge in [-0.1, -0.05) is 19.8 Å². The minimum Gasteiger partial charge on any atom is -0.300 e. The molecule has 1 heterocycles. The van der Waals surface area contributed by atoms with Crippen LogP contribution < -0.4 is 0 Å². The van der Waals surface area contributed by atoms with Crippen LogP contribution in [0.3, 0.4) is 0 Å². The van der Waals surface area contributed by atoms with Crippen molar-refractivity contribution in [3.05, 3.63) is 0 Å². The molecule has 1 aliphatic heterocycles. The van der Waals surface area contributed by atoms with Crippen LogP contribution in [-0.2, 0) is 4.79 Å². The van der Waals surface area contributed by atoms with Crippen LogP contribution in [-0.4, -0.2) is 29.8 Å². The molecule has 2 atom stereocenters. The van der Waals surface area contributed by atoms with Gasteiger partial charge in [0, 0.05) is 18.4 Å². The van der Waals surface area contributed by atoms with Gasteiger partial charge in [0.2, 0.25) is 0 Å². The summed E-state index contributed by atoms with van der Waals surface area (Å²) in [6.45, 7) is 4.72. The first-order chi connectivity index (χ1) is 8.31. The number of hydrogen-bond donors (Lipinski definition) is 0. The second-order valence-electron chi connectivity index (χ2n) is 5.82. The molecule has 2 nitrogen and oxygen atoms in total. The van der Waals surface area contributed by atoms with E-state index in [-0.39, 0.29) is 0 Å². The minimum absolute atomic E-state index is 0.402. The summed E-state index contributed by atoms with van der Waals surface area (Å²) in [5.41, 5.74) is 0. The van der Waals surface area contributed by atoms with E-state index in [9.17, 15) is 4.79 Å². The molecule has 2 unspecified atom stereocenters. The van der Waals surface area contributed by atoms with Crippen molar-refractivity contribution in [2.75, 3.05) is 13.1 Å². The van der Waals surface area contributed by atoms with E-state index in [1.807, 2.05) is 0 Å². The van der Waals surface area contributed by atoms with Crippen molar-refractivity contribution in [2.24, 2.45) is 5.92 Å². The molecule has 0 N–H and O–H groups in total. The molecule has 17 heavy (non-hydrogen) atoms. The average Bonchev–Trinajstić information content (AvgIpc) is 2.74. The first kappa shape index (κ1) is 13.1. The zero-order chi connectivity index (χ0) is 12.1. The Bertz CT molecular complexity index is 249. The SMILES string of the molecule is CCCC1CCCCN1CCC1CCCC1=O.